The number of halogens is 1. The van der Waals surface area contributed by atoms with E-state index in [2.05, 4.69) is 28.5 Å². The highest BCUT2D eigenvalue weighted by molar-refractivity contribution is 14.1. The van der Waals surface area contributed by atoms with Crippen molar-refractivity contribution >= 4 is 28.5 Å². The quantitative estimate of drug-likeness (QED) is 0.610. The van der Waals surface area contributed by atoms with Gasteiger partial charge in [0.05, 0.1) is 12.1 Å². The molecule has 0 aliphatic heterocycles. The zero-order valence-electron chi connectivity index (χ0n) is 9.53. The molecule has 88 valence electrons. The third kappa shape index (κ3) is 3.22. The van der Waals surface area contributed by atoms with E-state index in [0.717, 1.165) is 15.7 Å². The highest BCUT2D eigenvalue weighted by atomic mass is 127. The van der Waals surface area contributed by atoms with Crippen molar-refractivity contribution in [3.05, 3.63) is 33.4 Å². The standard InChI is InChI=1S/C14H14INO/c1-2-9-16(10-11-7-8-11)14(17)12-5-3-4-6-13(12)15/h1,3-6,11H,7-10H2. The summed E-state index contributed by atoms with van der Waals surface area (Å²) in [5.41, 5.74) is 0.754. The van der Waals surface area contributed by atoms with E-state index < -0.39 is 0 Å². The molecule has 1 aliphatic carbocycles. The van der Waals surface area contributed by atoms with E-state index >= 15 is 0 Å². The summed E-state index contributed by atoms with van der Waals surface area (Å²) in [4.78, 5) is 14.1. The molecule has 0 saturated heterocycles. The van der Waals surface area contributed by atoms with Crippen molar-refractivity contribution in [1.29, 1.82) is 0 Å². The molecule has 0 spiro atoms. The number of hydrogen-bond donors (Lipinski definition) is 0. The first-order valence-corrected chi connectivity index (χ1v) is 6.77. The first-order chi connectivity index (χ1) is 8.22. The Morgan fingerprint density at radius 2 is 2.18 bits per heavy atom. The molecule has 0 aromatic heterocycles. The SMILES string of the molecule is C#CCN(CC1CC1)C(=O)c1ccccc1I. The van der Waals surface area contributed by atoms with Crippen LogP contribution in [0.25, 0.3) is 0 Å². The summed E-state index contributed by atoms with van der Waals surface area (Å²) in [5, 5.41) is 0. The molecule has 17 heavy (non-hydrogen) atoms. The van der Waals surface area contributed by atoms with E-state index in [1.807, 2.05) is 24.3 Å². The van der Waals surface area contributed by atoms with Gasteiger partial charge in [0.15, 0.2) is 0 Å². The van der Waals surface area contributed by atoms with Gasteiger partial charge in [-0.2, -0.15) is 0 Å². The van der Waals surface area contributed by atoms with Crippen LogP contribution in [0.15, 0.2) is 24.3 Å². The van der Waals surface area contributed by atoms with Crippen LogP contribution in [0.1, 0.15) is 23.2 Å². The molecule has 1 amide bonds. The number of rotatable bonds is 4. The number of carbonyl (C=O) groups is 1. The monoisotopic (exact) mass is 339 g/mol. The summed E-state index contributed by atoms with van der Waals surface area (Å²) in [6, 6.07) is 7.63. The fourth-order valence-electron chi connectivity index (χ4n) is 1.75. The predicted octanol–water partition coefficient (Wildman–Crippen LogP) is 2.78. The number of terminal acetylenes is 1. The average Bonchev–Trinajstić information content (AvgIpc) is 3.12. The summed E-state index contributed by atoms with van der Waals surface area (Å²) < 4.78 is 0.980. The molecule has 2 rings (SSSR count). The van der Waals surface area contributed by atoms with E-state index in [1.54, 1.807) is 4.90 Å². The van der Waals surface area contributed by atoms with Crippen LogP contribution in [0.3, 0.4) is 0 Å². The van der Waals surface area contributed by atoms with Crippen LogP contribution in [-0.2, 0) is 0 Å². The van der Waals surface area contributed by atoms with Crippen molar-refractivity contribution in [2.24, 2.45) is 5.92 Å². The van der Waals surface area contributed by atoms with Crippen molar-refractivity contribution in [2.45, 2.75) is 12.8 Å². The number of hydrogen-bond acceptors (Lipinski definition) is 1. The third-order valence-electron chi connectivity index (χ3n) is 2.85. The molecular weight excluding hydrogens is 325 g/mol. The molecule has 1 fully saturated rings. The van der Waals surface area contributed by atoms with Gasteiger partial charge in [0.25, 0.3) is 5.91 Å². The van der Waals surface area contributed by atoms with Crippen molar-refractivity contribution in [1.82, 2.24) is 4.90 Å². The van der Waals surface area contributed by atoms with Gasteiger partial charge in [-0.3, -0.25) is 4.79 Å². The Morgan fingerprint density at radius 3 is 2.76 bits per heavy atom. The van der Waals surface area contributed by atoms with E-state index in [9.17, 15) is 4.79 Å². The Balaban J connectivity index is 2.15. The number of carbonyl (C=O) groups excluding carboxylic acids is 1. The number of benzene rings is 1. The fourth-order valence-corrected chi connectivity index (χ4v) is 2.36. The zero-order valence-corrected chi connectivity index (χ0v) is 11.7. The largest absolute Gasteiger partial charge is 0.327 e. The molecule has 1 aliphatic rings. The second kappa shape index (κ2) is 5.54. The normalized spacial score (nSPS) is 14.1. The van der Waals surface area contributed by atoms with Crippen LogP contribution in [0.4, 0.5) is 0 Å². The Bertz CT molecular complexity index is 460. The Morgan fingerprint density at radius 1 is 1.47 bits per heavy atom. The maximum absolute atomic E-state index is 12.3. The van der Waals surface area contributed by atoms with Crippen LogP contribution in [0, 0.1) is 21.8 Å². The minimum Gasteiger partial charge on any atom is -0.327 e. The molecule has 2 nitrogen and oxygen atoms in total. The molecule has 0 atom stereocenters. The van der Waals surface area contributed by atoms with Crippen molar-refractivity contribution in [2.75, 3.05) is 13.1 Å². The summed E-state index contributed by atoms with van der Waals surface area (Å²) in [6.45, 7) is 1.20. The molecule has 1 saturated carbocycles. The molecule has 1 aromatic carbocycles. The number of amides is 1. The lowest BCUT2D eigenvalue weighted by molar-refractivity contribution is 0.0768. The smallest absolute Gasteiger partial charge is 0.255 e. The predicted molar refractivity (Wildman–Crippen MR) is 76.6 cm³/mol. The maximum Gasteiger partial charge on any atom is 0.255 e. The molecular formula is C14H14INO. The Kier molecular flexibility index (Phi) is 4.06. The summed E-state index contributed by atoms with van der Waals surface area (Å²) >= 11 is 2.19. The van der Waals surface area contributed by atoms with Crippen LogP contribution < -0.4 is 0 Å². The minimum absolute atomic E-state index is 0.0554. The fraction of sp³-hybridized carbons (Fsp3) is 0.357. The van der Waals surface area contributed by atoms with E-state index in [0.29, 0.717) is 12.5 Å². The zero-order chi connectivity index (χ0) is 12.3. The second-order valence-corrected chi connectivity index (χ2v) is 5.48. The molecule has 0 N–H and O–H groups in total. The Hall–Kier alpha value is -1.02. The van der Waals surface area contributed by atoms with Gasteiger partial charge in [-0.25, -0.2) is 0 Å². The summed E-state index contributed by atoms with van der Waals surface area (Å²) in [5.74, 6) is 3.29. The molecule has 0 radical (unpaired) electrons. The van der Waals surface area contributed by atoms with Crippen LogP contribution in [-0.4, -0.2) is 23.9 Å². The molecule has 0 bridgehead atoms. The highest BCUT2D eigenvalue weighted by Crippen LogP contribution is 2.30. The lowest BCUT2D eigenvalue weighted by Crippen LogP contribution is -2.33. The lowest BCUT2D eigenvalue weighted by atomic mass is 10.2. The van der Waals surface area contributed by atoms with Gasteiger partial charge >= 0.3 is 0 Å². The lowest BCUT2D eigenvalue weighted by Gasteiger charge is -2.20. The van der Waals surface area contributed by atoms with Crippen LogP contribution in [0.2, 0.25) is 0 Å². The van der Waals surface area contributed by atoms with Gasteiger partial charge in [-0.15, -0.1) is 6.42 Å². The summed E-state index contributed by atoms with van der Waals surface area (Å²) in [6.07, 6.45) is 7.78. The minimum atomic E-state index is 0.0554. The third-order valence-corrected chi connectivity index (χ3v) is 3.79. The van der Waals surface area contributed by atoms with E-state index in [4.69, 9.17) is 6.42 Å². The first kappa shape index (κ1) is 12.4. The summed E-state index contributed by atoms with van der Waals surface area (Å²) in [7, 11) is 0. The molecule has 0 heterocycles. The topological polar surface area (TPSA) is 20.3 Å². The second-order valence-electron chi connectivity index (χ2n) is 4.31. The van der Waals surface area contributed by atoms with Crippen molar-refractivity contribution < 1.29 is 4.79 Å². The van der Waals surface area contributed by atoms with Gasteiger partial charge in [-0.05, 0) is 53.5 Å². The van der Waals surface area contributed by atoms with Crippen molar-refractivity contribution in [3.8, 4) is 12.3 Å². The molecule has 1 aromatic rings. The van der Waals surface area contributed by atoms with Crippen LogP contribution in [0.5, 0.6) is 0 Å². The first-order valence-electron chi connectivity index (χ1n) is 5.69. The van der Waals surface area contributed by atoms with Crippen LogP contribution >= 0.6 is 22.6 Å². The maximum atomic E-state index is 12.3. The van der Waals surface area contributed by atoms with Gasteiger partial charge < -0.3 is 4.90 Å². The average molecular weight is 339 g/mol. The van der Waals surface area contributed by atoms with Gasteiger partial charge in [0.1, 0.15) is 0 Å². The van der Waals surface area contributed by atoms with Crippen molar-refractivity contribution in [3.63, 3.8) is 0 Å². The van der Waals surface area contributed by atoms with Gasteiger partial charge in [0, 0.05) is 10.1 Å². The molecule has 0 unspecified atom stereocenters. The van der Waals surface area contributed by atoms with E-state index in [1.165, 1.54) is 12.8 Å². The van der Waals surface area contributed by atoms with Gasteiger partial charge in [-0.1, -0.05) is 18.1 Å². The van der Waals surface area contributed by atoms with E-state index in [-0.39, 0.29) is 5.91 Å². The number of nitrogens with zero attached hydrogens (tertiary/aromatic N) is 1. The Labute approximate surface area is 116 Å². The highest BCUT2D eigenvalue weighted by Gasteiger charge is 2.27. The molecule has 3 heteroatoms. The van der Waals surface area contributed by atoms with Gasteiger partial charge in [0.2, 0.25) is 0 Å².